The van der Waals surface area contributed by atoms with Gasteiger partial charge >= 0.3 is 6.18 Å². The number of rotatable bonds is 1. The first-order chi connectivity index (χ1) is 9.79. The van der Waals surface area contributed by atoms with Crippen LogP contribution in [0.3, 0.4) is 0 Å². The SMILES string of the molecule is Cc1c2c(nn1-c1c(Cl)cc(C(F)(F)F)cc1Cl)CCC2. The van der Waals surface area contributed by atoms with E-state index in [-0.39, 0.29) is 10.0 Å². The highest BCUT2D eigenvalue weighted by atomic mass is 35.5. The summed E-state index contributed by atoms with van der Waals surface area (Å²) >= 11 is 12.0. The van der Waals surface area contributed by atoms with Crippen LogP contribution in [0, 0.1) is 6.92 Å². The molecule has 0 unspecified atom stereocenters. The standard InChI is InChI=1S/C14H11Cl2F3N2/c1-7-9-3-2-4-12(9)20-21(7)13-10(15)5-8(6-11(13)16)14(17,18)19/h5-6H,2-4H2,1H3. The van der Waals surface area contributed by atoms with Crippen LogP contribution in [0.5, 0.6) is 0 Å². The third-order valence-electron chi connectivity index (χ3n) is 3.72. The molecule has 0 N–H and O–H groups in total. The van der Waals surface area contributed by atoms with E-state index in [1.165, 1.54) is 0 Å². The van der Waals surface area contributed by atoms with Gasteiger partial charge in [0.15, 0.2) is 0 Å². The smallest absolute Gasteiger partial charge is 0.235 e. The van der Waals surface area contributed by atoms with Crippen molar-refractivity contribution in [1.29, 1.82) is 0 Å². The van der Waals surface area contributed by atoms with Gasteiger partial charge in [0, 0.05) is 5.69 Å². The molecule has 0 atom stereocenters. The number of hydrogen-bond donors (Lipinski definition) is 0. The van der Waals surface area contributed by atoms with Gasteiger partial charge < -0.3 is 0 Å². The molecule has 0 bridgehead atoms. The number of alkyl halides is 3. The van der Waals surface area contributed by atoms with Gasteiger partial charge in [-0.25, -0.2) is 4.68 Å². The minimum absolute atomic E-state index is 0.0564. The summed E-state index contributed by atoms with van der Waals surface area (Å²) in [6.45, 7) is 1.88. The number of hydrogen-bond acceptors (Lipinski definition) is 1. The first-order valence-electron chi connectivity index (χ1n) is 6.43. The van der Waals surface area contributed by atoms with E-state index in [2.05, 4.69) is 5.10 Å². The molecule has 0 saturated heterocycles. The van der Waals surface area contributed by atoms with Crippen LogP contribution >= 0.6 is 23.2 Å². The molecular formula is C14H11Cl2F3N2. The first kappa shape index (κ1) is 14.7. The van der Waals surface area contributed by atoms with Crippen molar-refractivity contribution < 1.29 is 13.2 Å². The predicted molar refractivity (Wildman–Crippen MR) is 75.3 cm³/mol. The second-order valence-corrected chi connectivity index (χ2v) is 5.88. The lowest BCUT2D eigenvalue weighted by molar-refractivity contribution is -0.137. The van der Waals surface area contributed by atoms with Gasteiger partial charge in [-0.3, -0.25) is 0 Å². The summed E-state index contributed by atoms with van der Waals surface area (Å²) < 4.78 is 39.8. The topological polar surface area (TPSA) is 17.8 Å². The van der Waals surface area contributed by atoms with E-state index in [1.54, 1.807) is 4.68 Å². The van der Waals surface area contributed by atoms with Gasteiger partial charge in [-0.1, -0.05) is 23.2 Å². The van der Waals surface area contributed by atoms with Gasteiger partial charge in [-0.05, 0) is 43.9 Å². The molecule has 0 fully saturated rings. The Labute approximate surface area is 129 Å². The zero-order chi connectivity index (χ0) is 15.4. The van der Waals surface area contributed by atoms with Crippen molar-refractivity contribution in [2.24, 2.45) is 0 Å². The Morgan fingerprint density at radius 3 is 2.29 bits per heavy atom. The molecule has 1 aromatic carbocycles. The van der Waals surface area contributed by atoms with Gasteiger partial charge in [-0.15, -0.1) is 0 Å². The minimum Gasteiger partial charge on any atom is -0.235 e. The maximum absolute atomic E-state index is 12.8. The van der Waals surface area contributed by atoms with Crippen molar-refractivity contribution >= 4 is 23.2 Å². The Balaban J connectivity index is 2.16. The van der Waals surface area contributed by atoms with E-state index < -0.39 is 11.7 Å². The average molecular weight is 335 g/mol. The van der Waals surface area contributed by atoms with Gasteiger partial charge in [0.1, 0.15) is 5.69 Å². The molecule has 7 heteroatoms. The van der Waals surface area contributed by atoms with Crippen molar-refractivity contribution in [1.82, 2.24) is 9.78 Å². The predicted octanol–water partition coefficient (Wildman–Crippen LogP) is 5.00. The second-order valence-electron chi connectivity index (χ2n) is 5.06. The van der Waals surface area contributed by atoms with Crippen LogP contribution in [0.15, 0.2) is 12.1 Å². The van der Waals surface area contributed by atoms with Crippen LogP contribution in [0.1, 0.15) is 28.9 Å². The molecule has 0 aliphatic heterocycles. The molecule has 0 saturated carbocycles. The molecule has 0 radical (unpaired) electrons. The summed E-state index contributed by atoms with van der Waals surface area (Å²) in [4.78, 5) is 0. The molecule has 0 amide bonds. The quantitative estimate of drug-likeness (QED) is 0.717. The van der Waals surface area contributed by atoms with Crippen LogP contribution in [0.25, 0.3) is 5.69 Å². The molecule has 2 nitrogen and oxygen atoms in total. The fourth-order valence-corrected chi connectivity index (χ4v) is 3.35. The first-order valence-corrected chi connectivity index (χ1v) is 7.18. The number of fused-ring (bicyclic) bond motifs is 1. The van der Waals surface area contributed by atoms with Crippen LogP contribution in [0.4, 0.5) is 13.2 Å². The van der Waals surface area contributed by atoms with Crippen molar-refractivity contribution in [3.05, 3.63) is 44.7 Å². The van der Waals surface area contributed by atoms with E-state index in [1.807, 2.05) is 6.92 Å². The molecule has 1 aliphatic rings. The van der Waals surface area contributed by atoms with Crippen molar-refractivity contribution in [3.63, 3.8) is 0 Å². The Morgan fingerprint density at radius 1 is 1.14 bits per heavy atom. The van der Waals surface area contributed by atoms with Crippen LogP contribution in [-0.4, -0.2) is 9.78 Å². The molecule has 0 spiro atoms. The average Bonchev–Trinajstić information content (AvgIpc) is 2.92. The number of halogens is 5. The molecule has 3 rings (SSSR count). The van der Waals surface area contributed by atoms with Gasteiger partial charge in [0.2, 0.25) is 0 Å². The lowest BCUT2D eigenvalue weighted by atomic mass is 10.2. The van der Waals surface area contributed by atoms with E-state index in [0.717, 1.165) is 48.3 Å². The number of nitrogens with zero attached hydrogens (tertiary/aromatic N) is 2. The summed E-state index contributed by atoms with van der Waals surface area (Å²) in [6.07, 6.45) is -1.63. The van der Waals surface area contributed by atoms with Crippen molar-refractivity contribution in [2.75, 3.05) is 0 Å². The zero-order valence-electron chi connectivity index (χ0n) is 11.1. The summed E-state index contributed by atoms with van der Waals surface area (Å²) in [6, 6.07) is 1.77. The van der Waals surface area contributed by atoms with E-state index in [0.29, 0.717) is 5.69 Å². The van der Waals surface area contributed by atoms with Crippen LogP contribution in [0.2, 0.25) is 10.0 Å². The zero-order valence-corrected chi connectivity index (χ0v) is 12.6. The molecular weight excluding hydrogens is 324 g/mol. The lowest BCUT2D eigenvalue weighted by Gasteiger charge is -2.14. The summed E-state index contributed by atoms with van der Waals surface area (Å²) in [5.74, 6) is 0. The van der Waals surface area contributed by atoms with E-state index in [9.17, 15) is 13.2 Å². The minimum atomic E-state index is -4.48. The highest BCUT2D eigenvalue weighted by Gasteiger charge is 2.32. The largest absolute Gasteiger partial charge is 0.416 e. The third kappa shape index (κ3) is 2.42. The number of benzene rings is 1. The Bertz CT molecular complexity index is 697. The molecule has 1 aromatic heterocycles. The van der Waals surface area contributed by atoms with Crippen molar-refractivity contribution in [3.8, 4) is 5.69 Å². The summed E-state index contributed by atoms with van der Waals surface area (Å²) in [5.41, 5.74) is 2.43. The monoisotopic (exact) mass is 334 g/mol. The Morgan fingerprint density at radius 2 is 1.76 bits per heavy atom. The molecule has 2 aromatic rings. The fraction of sp³-hybridized carbons (Fsp3) is 0.357. The van der Waals surface area contributed by atoms with Gasteiger partial charge in [0.05, 0.1) is 21.3 Å². The molecule has 1 aliphatic carbocycles. The van der Waals surface area contributed by atoms with Gasteiger partial charge in [-0.2, -0.15) is 18.3 Å². The maximum atomic E-state index is 12.8. The van der Waals surface area contributed by atoms with E-state index >= 15 is 0 Å². The van der Waals surface area contributed by atoms with Crippen LogP contribution in [-0.2, 0) is 19.0 Å². The second kappa shape index (κ2) is 4.92. The van der Waals surface area contributed by atoms with Crippen LogP contribution < -0.4 is 0 Å². The Hall–Kier alpha value is -1.20. The number of aryl methyl sites for hydroxylation is 1. The van der Waals surface area contributed by atoms with Gasteiger partial charge in [0.25, 0.3) is 0 Å². The highest BCUT2D eigenvalue weighted by molar-refractivity contribution is 6.37. The molecule has 21 heavy (non-hydrogen) atoms. The summed E-state index contributed by atoms with van der Waals surface area (Å²) in [5, 5.41) is 4.33. The molecule has 112 valence electrons. The van der Waals surface area contributed by atoms with Crippen molar-refractivity contribution in [2.45, 2.75) is 32.4 Å². The Kier molecular flexibility index (Phi) is 3.45. The van der Waals surface area contributed by atoms with E-state index in [4.69, 9.17) is 23.2 Å². The third-order valence-corrected chi connectivity index (χ3v) is 4.30. The number of aromatic nitrogens is 2. The lowest BCUT2D eigenvalue weighted by Crippen LogP contribution is -2.08. The maximum Gasteiger partial charge on any atom is 0.416 e. The normalized spacial score (nSPS) is 14.6. The summed E-state index contributed by atoms with van der Waals surface area (Å²) in [7, 11) is 0. The highest BCUT2D eigenvalue weighted by Crippen LogP contribution is 2.38. The fourth-order valence-electron chi connectivity index (χ4n) is 2.70. The molecule has 1 heterocycles.